The highest BCUT2D eigenvalue weighted by Gasteiger charge is 2.43. The Kier molecular flexibility index (Phi) is 3.45. The number of nitrogens with one attached hydrogen (secondary N) is 1. The van der Waals surface area contributed by atoms with Crippen LogP contribution in [0.3, 0.4) is 0 Å². The van der Waals surface area contributed by atoms with Crippen LogP contribution in [0.5, 0.6) is 0 Å². The fourth-order valence-electron chi connectivity index (χ4n) is 1.01. The smallest absolute Gasteiger partial charge is 0.273 e. The molecule has 1 aromatic rings. The molecule has 0 aliphatic rings. The summed E-state index contributed by atoms with van der Waals surface area (Å²) in [4.78, 5) is 15.1. The molecule has 0 aliphatic heterocycles. The van der Waals surface area contributed by atoms with Gasteiger partial charge in [-0.25, -0.2) is 18.2 Å². The summed E-state index contributed by atoms with van der Waals surface area (Å²) < 4.78 is 39.5. The lowest BCUT2D eigenvalue weighted by Crippen LogP contribution is -2.55. The monoisotopic (exact) mass is 246 g/mol. The standard InChI is InChI=1S/C11H13F3N2O/c1-10(2,11(3,13)14)16-9(17)8-7(12)5-4-6-15-8/h4-6H,1-3H3,(H,16,17). The van der Waals surface area contributed by atoms with Crippen LogP contribution in [-0.4, -0.2) is 22.4 Å². The van der Waals surface area contributed by atoms with Gasteiger partial charge in [-0.3, -0.25) is 4.79 Å². The van der Waals surface area contributed by atoms with E-state index in [-0.39, 0.29) is 0 Å². The van der Waals surface area contributed by atoms with Crippen molar-refractivity contribution in [1.29, 1.82) is 0 Å². The Hall–Kier alpha value is -1.59. The minimum absolute atomic E-state index is 0.496. The van der Waals surface area contributed by atoms with Crippen molar-refractivity contribution >= 4 is 5.91 Å². The SMILES string of the molecule is CC(F)(F)C(C)(C)NC(=O)c1ncccc1F. The molecule has 0 aliphatic carbocycles. The Balaban J connectivity index is 2.92. The summed E-state index contributed by atoms with van der Waals surface area (Å²) in [5.41, 5.74) is -2.28. The van der Waals surface area contributed by atoms with Gasteiger partial charge in [0.1, 0.15) is 0 Å². The number of alkyl halides is 2. The lowest BCUT2D eigenvalue weighted by molar-refractivity contribution is -0.0548. The van der Waals surface area contributed by atoms with Crippen LogP contribution in [0.15, 0.2) is 18.3 Å². The zero-order chi connectivity index (χ0) is 13.3. The normalized spacial score (nSPS) is 12.4. The number of hydrogen-bond acceptors (Lipinski definition) is 2. The molecule has 0 bridgehead atoms. The lowest BCUT2D eigenvalue weighted by atomic mass is 9.97. The molecule has 0 unspecified atom stereocenters. The molecule has 1 rings (SSSR count). The molecular formula is C11H13F3N2O. The summed E-state index contributed by atoms with van der Waals surface area (Å²) in [5, 5.41) is 2.06. The van der Waals surface area contributed by atoms with Gasteiger partial charge >= 0.3 is 0 Å². The molecule has 1 heterocycles. The first-order chi connectivity index (χ1) is 7.65. The Labute approximate surface area is 97.0 Å². The van der Waals surface area contributed by atoms with Crippen molar-refractivity contribution in [3.8, 4) is 0 Å². The second kappa shape index (κ2) is 4.35. The number of carbonyl (C=O) groups excluding carboxylic acids is 1. The zero-order valence-corrected chi connectivity index (χ0v) is 9.72. The summed E-state index contributed by atoms with van der Waals surface area (Å²) in [6.07, 6.45) is 1.22. The van der Waals surface area contributed by atoms with Crippen LogP contribution in [0.25, 0.3) is 0 Å². The third kappa shape index (κ3) is 2.95. The van der Waals surface area contributed by atoms with Crippen molar-refractivity contribution in [2.24, 2.45) is 0 Å². The third-order valence-corrected chi connectivity index (χ3v) is 2.50. The fraction of sp³-hybridized carbons (Fsp3) is 0.455. The van der Waals surface area contributed by atoms with Gasteiger partial charge in [0.05, 0.1) is 5.54 Å². The predicted molar refractivity (Wildman–Crippen MR) is 56.4 cm³/mol. The van der Waals surface area contributed by atoms with Gasteiger partial charge in [-0.05, 0) is 26.0 Å². The van der Waals surface area contributed by atoms with E-state index in [4.69, 9.17) is 0 Å². The van der Waals surface area contributed by atoms with Crippen LogP contribution in [0.4, 0.5) is 13.2 Å². The average Bonchev–Trinajstić information content (AvgIpc) is 2.15. The van der Waals surface area contributed by atoms with Gasteiger partial charge in [-0.2, -0.15) is 0 Å². The van der Waals surface area contributed by atoms with Gasteiger partial charge in [0.25, 0.3) is 11.8 Å². The first kappa shape index (κ1) is 13.5. The first-order valence-corrected chi connectivity index (χ1v) is 4.96. The molecule has 17 heavy (non-hydrogen) atoms. The van der Waals surface area contributed by atoms with Crippen LogP contribution in [0.2, 0.25) is 0 Å². The van der Waals surface area contributed by atoms with Gasteiger partial charge < -0.3 is 5.32 Å². The van der Waals surface area contributed by atoms with E-state index >= 15 is 0 Å². The molecule has 1 amide bonds. The maximum atomic E-state index is 13.2. The number of rotatable bonds is 3. The summed E-state index contributed by atoms with van der Waals surface area (Å²) in [5.74, 6) is -4.94. The van der Waals surface area contributed by atoms with E-state index < -0.39 is 28.9 Å². The highest BCUT2D eigenvalue weighted by molar-refractivity contribution is 5.93. The molecule has 0 atom stereocenters. The van der Waals surface area contributed by atoms with Crippen molar-refractivity contribution < 1.29 is 18.0 Å². The molecule has 1 N–H and O–H groups in total. The highest BCUT2D eigenvalue weighted by atomic mass is 19.3. The van der Waals surface area contributed by atoms with Gasteiger partial charge in [0.15, 0.2) is 11.5 Å². The fourth-order valence-corrected chi connectivity index (χ4v) is 1.01. The van der Waals surface area contributed by atoms with Crippen molar-refractivity contribution in [3.63, 3.8) is 0 Å². The lowest BCUT2D eigenvalue weighted by Gasteiger charge is -2.32. The van der Waals surface area contributed by atoms with Gasteiger partial charge in [-0.1, -0.05) is 0 Å². The third-order valence-electron chi connectivity index (χ3n) is 2.50. The molecule has 3 nitrogen and oxygen atoms in total. The van der Waals surface area contributed by atoms with E-state index in [2.05, 4.69) is 10.3 Å². The average molecular weight is 246 g/mol. The minimum Gasteiger partial charge on any atom is -0.340 e. The van der Waals surface area contributed by atoms with Gasteiger partial charge in [0, 0.05) is 13.1 Å². The molecular weight excluding hydrogens is 233 g/mol. The van der Waals surface area contributed by atoms with E-state index in [0.717, 1.165) is 19.9 Å². The second-order valence-electron chi connectivity index (χ2n) is 4.30. The zero-order valence-electron chi connectivity index (χ0n) is 9.72. The molecule has 94 valence electrons. The topological polar surface area (TPSA) is 42.0 Å². The van der Waals surface area contributed by atoms with Crippen LogP contribution in [-0.2, 0) is 0 Å². The Morgan fingerprint density at radius 1 is 1.35 bits per heavy atom. The van der Waals surface area contributed by atoms with Crippen LogP contribution < -0.4 is 5.32 Å². The maximum absolute atomic E-state index is 13.2. The molecule has 0 saturated heterocycles. The Morgan fingerprint density at radius 3 is 2.41 bits per heavy atom. The molecule has 0 saturated carbocycles. The number of amides is 1. The first-order valence-electron chi connectivity index (χ1n) is 4.96. The quantitative estimate of drug-likeness (QED) is 0.889. The maximum Gasteiger partial charge on any atom is 0.273 e. The summed E-state index contributed by atoms with van der Waals surface area (Å²) >= 11 is 0. The number of halogens is 3. The van der Waals surface area contributed by atoms with Crippen molar-refractivity contribution in [2.75, 3.05) is 0 Å². The molecule has 0 spiro atoms. The van der Waals surface area contributed by atoms with Crippen molar-refractivity contribution in [3.05, 3.63) is 29.8 Å². The summed E-state index contributed by atoms with van der Waals surface area (Å²) in [6.45, 7) is 3.00. The largest absolute Gasteiger partial charge is 0.340 e. The Morgan fingerprint density at radius 2 is 1.94 bits per heavy atom. The summed E-state index contributed by atoms with van der Waals surface area (Å²) in [6, 6.07) is 2.35. The highest BCUT2D eigenvalue weighted by Crippen LogP contribution is 2.27. The molecule has 0 fully saturated rings. The second-order valence-corrected chi connectivity index (χ2v) is 4.30. The number of hydrogen-bond donors (Lipinski definition) is 1. The van der Waals surface area contributed by atoms with Gasteiger partial charge in [-0.15, -0.1) is 0 Å². The summed E-state index contributed by atoms with van der Waals surface area (Å²) in [7, 11) is 0. The number of carbonyl (C=O) groups is 1. The van der Waals surface area contributed by atoms with E-state index in [1.165, 1.54) is 12.3 Å². The molecule has 0 aromatic carbocycles. The van der Waals surface area contributed by atoms with E-state index in [9.17, 15) is 18.0 Å². The molecule has 1 aromatic heterocycles. The number of aromatic nitrogens is 1. The van der Waals surface area contributed by atoms with Crippen LogP contribution in [0, 0.1) is 5.82 Å². The molecule has 0 radical (unpaired) electrons. The van der Waals surface area contributed by atoms with Crippen LogP contribution >= 0.6 is 0 Å². The van der Waals surface area contributed by atoms with E-state index in [1.54, 1.807) is 0 Å². The van der Waals surface area contributed by atoms with Crippen molar-refractivity contribution in [1.82, 2.24) is 10.3 Å². The van der Waals surface area contributed by atoms with E-state index in [0.29, 0.717) is 6.92 Å². The molecule has 6 heteroatoms. The minimum atomic E-state index is -3.13. The van der Waals surface area contributed by atoms with E-state index in [1.807, 2.05) is 0 Å². The van der Waals surface area contributed by atoms with Gasteiger partial charge in [0.2, 0.25) is 0 Å². The van der Waals surface area contributed by atoms with Crippen LogP contribution in [0.1, 0.15) is 31.3 Å². The number of nitrogens with zero attached hydrogens (tertiary/aromatic N) is 1. The predicted octanol–water partition coefficient (Wildman–Crippen LogP) is 2.38. The van der Waals surface area contributed by atoms with Crippen molar-refractivity contribution in [2.45, 2.75) is 32.2 Å². The number of pyridine rings is 1. The Bertz CT molecular complexity index is 427.